The third-order valence-electron chi connectivity index (χ3n) is 4.25. The molecule has 1 heterocycles. The topological polar surface area (TPSA) is 44.1 Å². The number of carbonyl (C=O) groups excluding carboxylic acids is 1. The molecule has 0 fully saturated rings. The molecule has 2 aromatic rings. The number of aryl methyl sites for hydroxylation is 1. The maximum atomic E-state index is 12.6. The van der Waals surface area contributed by atoms with Crippen LogP contribution in [-0.4, -0.2) is 21.9 Å². The maximum Gasteiger partial charge on any atom is 0.164 e. The molecule has 0 saturated heterocycles. The van der Waals surface area contributed by atoms with Gasteiger partial charge in [0.05, 0.1) is 12.9 Å². The predicted molar refractivity (Wildman–Crippen MR) is 85.4 cm³/mol. The highest BCUT2D eigenvalue weighted by atomic mass is 16.5. The van der Waals surface area contributed by atoms with E-state index in [1.165, 1.54) is 17.5 Å². The van der Waals surface area contributed by atoms with E-state index in [-0.39, 0.29) is 5.78 Å². The van der Waals surface area contributed by atoms with Gasteiger partial charge in [-0.15, -0.1) is 0 Å². The molecule has 1 aliphatic carbocycles. The number of nitrogens with zero attached hydrogens (tertiary/aromatic N) is 2. The molecule has 0 unspecified atom stereocenters. The van der Waals surface area contributed by atoms with E-state index in [0.29, 0.717) is 19.6 Å². The molecular weight excluding hydrogens is 276 g/mol. The number of carbonyl (C=O) groups is 1. The van der Waals surface area contributed by atoms with Crippen molar-refractivity contribution in [2.75, 3.05) is 6.61 Å². The largest absolute Gasteiger partial charge is 0.494 e. The van der Waals surface area contributed by atoms with Crippen LogP contribution in [0.3, 0.4) is 0 Å². The van der Waals surface area contributed by atoms with Crippen molar-refractivity contribution >= 4 is 5.78 Å². The lowest BCUT2D eigenvalue weighted by atomic mass is 9.86. The molecule has 3 rings (SSSR count). The highest BCUT2D eigenvalue weighted by Crippen LogP contribution is 2.33. The molecule has 1 aromatic heterocycles. The van der Waals surface area contributed by atoms with Crippen LogP contribution < -0.4 is 4.74 Å². The number of benzene rings is 1. The molecule has 0 amide bonds. The summed E-state index contributed by atoms with van der Waals surface area (Å²) in [6.45, 7) is 3.35. The number of ketones is 1. The number of Topliss-reactive ketones (excluding diaryl/α,β-unsaturated/α-hetero) is 1. The van der Waals surface area contributed by atoms with Crippen molar-refractivity contribution in [3.8, 4) is 5.75 Å². The molecule has 4 nitrogen and oxygen atoms in total. The first-order valence-electron chi connectivity index (χ1n) is 8.06. The van der Waals surface area contributed by atoms with Crippen LogP contribution in [0.5, 0.6) is 5.75 Å². The monoisotopic (exact) mass is 298 g/mol. The molecule has 116 valence electrons. The van der Waals surface area contributed by atoms with Gasteiger partial charge in [0.15, 0.2) is 5.78 Å². The summed E-state index contributed by atoms with van der Waals surface area (Å²) in [7, 11) is 0. The van der Waals surface area contributed by atoms with Gasteiger partial charge in [-0.2, -0.15) is 0 Å². The van der Waals surface area contributed by atoms with E-state index >= 15 is 0 Å². The van der Waals surface area contributed by atoms with E-state index in [4.69, 9.17) is 4.74 Å². The van der Waals surface area contributed by atoms with Crippen LogP contribution >= 0.6 is 0 Å². The summed E-state index contributed by atoms with van der Waals surface area (Å²) in [5.41, 5.74) is 3.35. The van der Waals surface area contributed by atoms with Crippen molar-refractivity contribution in [1.82, 2.24) is 9.55 Å². The smallest absolute Gasteiger partial charge is 0.164 e. The van der Waals surface area contributed by atoms with Crippen LogP contribution in [0.25, 0.3) is 0 Å². The van der Waals surface area contributed by atoms with Crippen LogP contribution in [0.2, 0.25) is 0 Å². The first-order valence-corrected chi connectivity index (χ1v) is 8.06. The summed E-state index contributed by atoms with van der Waals surface area (Å²) in [5, 5.41) is 0. The Morgan fingerprint density at radius 3 is 2.82 bits per heavy atom. The summed E-state index contributed by atoms with van der Waals surface area (Å²) < 4.78 is 7.68. The van der Waals surface area contributed by atoms with Crippen LogP contribution in [0.4, 0.5) is 0 Å². The zero-order valence-electron chi connectivity index (χ0n) is 13.0. The fourth-order valence-electron chi connectivity index (χ4n) is 3.17. The number of hydrogen-bond donors (Lipinski definition) is 0. The number of hydrogen-bond acceptors (Lipinski definition) is 3. The lowest BCUT2D eigenvalue weighted by Gasteiger charge is -2.22. The predicted octanol–water partition coefficient (Wildman–Crippen LogP) is 3.43. The number of aromatic nitrogens is 2. The average Bonchev–Trinajstić information content (AvgIpc) is 3.06. The summed E-state index contributed by atoms with van der Waals surface area (Å²) in [6.07, 6.45) is 10.2. The van der Waals surface area contributed by atoms with Crippen molar-refractivity contribution in [3.05, 3.63) is 47.5 Å². The first-order chi connectivity index (χ1) is 10.8. The quantitative estimate of drug-likeness (QED) is 0.767. The van der Waals surface area contributed by atoms with Gasteiger partial charge in [0.1, 0.15) is 5.75 Å². The standard InChI is InChI=1S/C18H22N2O2/c1-2-22-18-8-7-15(14-5-3-4-6-16(14)18)17(21)9-11-20-12-10-19-13-20/h7-8,10,12-13H,2-6,9,11H2,1H3. The van der Waals surface area contributed by atoms with Crippen LogP contribution in [-0.2, 0) is 19.4 Å². The van der Waals surface area contributed by atoms with Gasteiger partial charge in [-0.05, 0) is 55.9 Å². The normalized spacial score (nSPS) is 13.7. The molecule has 0 bridgehead atoms. The summed E-state index contributed by atoms with van der Waals surface area (Å²) in [4.78, 5) is 16.6. The Kier molecular flexibility index (Phi) is 4.56. The second-order valence-corrected chi connectivity index (χ2v) is 5.68. The molecule has 0 spiro atoms. The second kappa shape index (κ2) is 6.77. The fraction of sp³-hybridized carbons (Fsp3) is 0.444. The van der Waals surface area contributed by atoms with Gasteiger partial charge in [0.25, 0.3) is 0 Å². The van der Waals surface area contributed by atoms with Gasteiger partial charge < -0.3 is 9.30 Å². The average molecular weight is 298 g/mol. The highest BCUT2D eigenvalue weighted by Gasteiger charge is 2.21. The third kappa shape index (κ3) is 3.06. The molecule has 1 aromatic carbocycles. The summed E-state index contributed by atoms with van der Waals surface area (Å²) >= 11 is 0. The lowest BCUT2D eigenvalue weighted by molar-refractivity contribution is 0.0976. The molecule has 0 aliphatic heterocycles. The molecule has 1 aliphatic rings. The summed E-state index contributed by atoms with van der Waals surface area (Å²) in [6, 6.07) is 3.92. The van der Waals surface area contributed by atoms with Crippen molar-refractivity contribution in [2.45, 2.75) is 45.6 Å². The molecular formula is C18H22N2O2. The molecule has 22 heavy (non-hydrogen) atoms. The molecule has 4 heteroatoms. The van der Waals surface area contributed by atoms with Gasteiger partial charge in [-0.3, -0.25) is 4.79 Å². The van der Waals surface area contributed by atoms with Gasteiger partial charge in [0.2, 0.25) is 0 Å². The Bertz CT molecular complexity index is 647. The van der Waals surface area contributed by atoms with Gasteiger partial charge in [-0.25, -0.2) is 4.98 Å². The van der Waals surface area contributed by atoms with Gasteiger partial charge in [0, 0.05) is 30.9 Å². The Labute approximate surface area is 131 Å². The van der Waals surface area contributed by atoms with Crippen molar-refractivity contribution in [2.24, 2.45) is 0 Å². The van der Waals surface area contributed by atoms with E-state index in [0.717, 1.165) is 30.6 Å². The molecule has 0 saturated carbocycles. The van der Waals surface area contributed by atoms with Crippen LogP contribution in [0.15, 0.2) is 30.9 Å². The van der Waals surface area contributed by atoms with Gasteiger partial charge in [-0.1, -0.05) is 0 Å². The minimum atomic E-state index is 0.217. The SMILES string of the molecule is CCOc1ccc(C(=O)CCn2ccnc2)c2c1CCCC2. The van der Waals surface area contributed by atoms with E-state index < -0.39 is 0 Å². The lowest BCUT2D eigenvalue weighted by Crippen LogP contribution is -2.14. The second-order valence-electron chi connectivity index (χ2n) is 5.68. The Balaban J connectivity index is 1.82. The molecule has 0 atom stereocenters. The van der Waals surface area contributed by atoms with E-state index in [1.807, 2.05) is 29.8 Å². The highest BCUT2D eigenvalue weighted by molar-refractivity contribution is 5.98. The molecule has 0 N–H and O–H groups in total. The zero-order chi connectivity index (χ0) is 15.4. The third-order valence-corrected chi connectivity index (χ3v) is 4.25. The number of fused-ring (bicyclic) bond motifs is 1. The van der Waals surface area contributed by atoms with Crippen LogP contribution in [0.1, 0.15) is 47.7 Å². The van der Waals surface area contributed by atoms with E-state index in [9.17, 15) is 4.79 Å². The summed E-state index contributed by atoms with van der Waals surface area (Å²) in [5.74, 6) is 1.18. The minimum Gasteiger partial charge on any atom is -0.494 e. The molecule has 0 radical (unpaired) electrons. The van der Waals surface area contributed by atoms with Crippen molar-refractivity contribution in [3.63, 3.8) is 0 Å². The van der Waals surface area contributed by atoms with Gasteiger partial charge >= 0.3 is 0 Å². The van der Waals surface area contributed by atoms with Crippen LogP contribution in [0, 0.1) is 0 Å². The first kappa shape index (κ1) is 14.8. The maximum absolute atomic E-state index is 12.6. The minimum absolute atomic E-state index is 0.217. The van der Waals surface area contributed by atoms with Crippen molar-refractivity contribution < 1.29 is 9.53 Å². The Hall–Kier alpha value is -2.10. The van der Waals surface area contributed by atoms with Crippen molar-refractivity contribution in [1.29, 1.82) is 0 Å². The van der Waals surface area contributed by atoms with E-state index in [1.54, 1.807) is 12.5 Å². The Morgan fingerprint density at radius 2 is 2.09 bits per heavy atom. The number of rotatable bonds is 6. The number of imidazole rings is 1. The van der Waals surface area contributed by atoms with E-state index in [2.05, 4.69) is 4.98 Å². The zero-order valence-corrected chi connectivity index (χ0v) is 13.0. The number of ether oxygens (including phenoxy) is 1. The fourth-order valence-corrected chi connectivity index (χ4v) is 3.17. The Morgan fingerprint density at radius 1 is 1.27 bits per heavy atom.